The Labute approximate surface area is 128 Å². The lowest BCUT2D eigenvalue weighted by atomic mass is 10.2. The lowest BCUT2D eigenvalue weighted by Gasteiger charge is -2.08. The van der Waals surface area contributed by atoms with Crippen LogP contribution in [-0.2, 0) is 0 Å². The Morgan fingerprint density at radius 2 is 2.14 bits per heavy atom. The summed E-state index contributed by atoms with van der Waals surface area (Å²) in [6.07, 6.45) is 3.30. The number of thiocarbonyl (C=S) groups is 1. The van der Waals surface area contributed by atoms with Crippen molar-refractivity contribution in [3.63, 3.8) is 0 Å². The first-order valence-electron chi connectivity index (χ1n) is 6.17. The van der Waals surface area contributed by atoms with Gasteiger partial charge in [-0.3, -0.25) is 4.98 Å². The van der Waals surface area contributed by atoms with Crippen molar-refractivity contribution in [3.05, 3.63) is 47.9 Å². The van der Waals surface area contributed by atoms with E-state index < -0.39 is 0 Å². The van der Waals surface area contributed by atoms with E-state index in [1.54, 1.807) is 31.6 Å². The summed E-state index contributed by atoms with van der Waals surface area (Å²) < 4.78 is 5.17. The quantitative estimate of drug-likeness (QED) is 0.511. The molecule has 0 aromatic carbocycles. The van der Waals surface area contributed by atoms with Gasteiger partial charge in [-0.05, 0) is 49.0 Å². The Morgan fingerprint density at radius 1 is 1.33 bits per heavy atom. The van der Waals surface area contributed by atoms with Gasteiger partial charge in [0.2, 0.25) is 5.11 Å². The molecule has 0 aliphatic heterocycles. The highest BCUT2D eigenvalue weighted by atomic mass is 32.1. The number of anilines is 1. The fourth-order valence-corrected chi connectivity index (χ4v) is 1.82. The van der Waals surface area contributed by atoms with Crippen molar-refractivity contribution in [3.8, 4) is 5.75 Å². The molecule has 0 saturated carbocycles. The van der Waals surface area contributed by atoms with Crippen molar-refractivity contribution in [2.24, 2.45) is 10.7 Å². The van der Waals surface area contributed by atoms with Gasteiger partial charge in [-0.2, -0.15) is 0 Å². The number of aryl methyl sites for hydroxylation is 1. The van der Waals surface area contributed by atoms with E-state index in [2.05, 4.69) is 20.3 Å². The van der Waals surface area contributed by atoms with Crippen LogP contribution in [0.5, 0.6) is 5.75 Å². The number of nitrogens with two attached hydrogens (primary N) is 1. The third kappa shape index (κ3) is 3.96. The van der Waals surface area contributed by atoms with Crippen LogP contribution in [0.1, 0.15) is 11.3 Å². The number of ether oxygens (including phenoxy) is 1. The van der Waals surface area contributed by atoms with Crippen molar-refractivity contribution in [2.45, 2.75) is 6.92 Å². The number of hydrogen-bond acceptors (Lipinski definition) is 4. The van der Waals surface area contributed by atoms with Crippen molar-refractivity contribution >= 4 is 29.0 Å². The Morgan fingerprint density at radius 3 is 2.86 bits per heavy atom. The van der Waals surface area contributed by atoms with Crippen molar-refractivity contribution in [1.82, 2.24) is 9.97 Å². The molecule has 2 aromatic rings. The van der Waals surface area contributed by atoms with Gasteiger partial charge in [0, 0.05) is 12.4 Å². The minimum Gasteiger partial charge on any atom is -0.493 e. The molecular formula is C14H15N5OS. The lowest BCUT2D eigenvalue weighted by molar-refractivity contribution is 0.415. The van der Waals surface area contributed by atoms with Crippen LogP contribution in [-0.4, -0.2) is 28.0 Å². The zero-order valence-corrected chi connectivity index (χ0v) is 12.5. The summed E-state index contributed by atoms with van der Waals surface area (Å²) in [5, 5.41) is 3.06. The first kappa shape index (κ1) is 14.9. The normalized spacial score (nSPS) is 11.0. The minimum absolute atomic E-state index is 0.188. The topological polar surface area (TPSA) is 85.4 Å². The molecule has 0 aliphatic carbocycles. The monoisotopic (exact) mass is 301 g/mol. The van der Waals surface area contributed by atoms with Gasteiger partial charge in [0.15, 0.2) is 17.4 Å². The van der Waals surface area contributed by atoms with E-state index in [4.69, 9.17) is 22.7 Å². The first-order chi connectivity index (χ1) is 10.1. The van der Waals surface area contributed by atoms with Crippen molar-refractivity contribution in [2.75, 3.05) is 12.4 Å². The van der Waals surface area contributed by atoms with Crippen LogP contribution in [0.3, 0.4) is 0 Å². The second-order valence-corrected chi connectivity index (χ2v) is 4.59. The van der Waals surface area contributed by atoms with Gasteiger partial charge in [0.1, 0.15) is 5.69 Å². The SMILES string of the molecule is COc1cccnc1NC(=S)N=C(N)c1cc(C)ccn1. The van der Waals surface area contributed by atoms with E-state index in [-0.39, 0.29) is 10.9 Å². The highest BCUT2D eigenvalue weighted by Crippen LogP contribution is 2.20. The molecule has 108 valence electrons. The third-order valence-electron chi connectivity index (χ3n) is 2.62. The van der Waals surface area contributed by atoms with E-state index in [1.165, 1.54) is 0 Å². The molecule has 0 fully saturated rings. The molecule has 3 N–H and O–H groups in total. The largest absolute Gasteiger partial charge is 0.493 e. The highest BCUT2D eigenvalue weighted by molar-refractivity contribution is 7.80. The van der Waals surface area contributed by atoms with Crippen LogP contribution in [0.25, 0.3) is 0 Å². The first-order valence-corrected chi connectivity index (χ1v) is 6.58. The fraction of sp³-hybridized carbons (Fsp3) is 0.143. The molecule has 0 bridgehead atoms. The van der Waals surface area contributed by atoms with Gasteiger partial charge < -0.3 is 15.8 Å². The predicted octanol–water partition coefficient (Wildman–Crippen LogP) is 1.90. The summed E-state index contributed by atoms with van der Waals surface area (Å²) in [5.41, 5.74) is 7.52. The molecule has 0 unspecified atom stereocenters. The van der Waals surface area contributed by atoms with Gasteiger partial charge in [0.25, 0.3) is 0 Å². The summed E-state index contributed by atoms with van der Waals surface area (Å²) >= 11 is 5.15. The summed E-state index contributed by atoms with van der Waals surface area (Å²) in [4.78, 5) is 12.4. The maximum Gasteiger partial charge on any atom is 0.200 e. The number of hydrogen-bond donors (Lipinski definition) is 2. The average molecular weight is 301 g/mol. The molecule has 0 amide bonds. The Bertz CT molecular complexity index is 687. The Balaban J connectivity index is 2.15. The van der Waals surface area contributed by atoms with Gasteiger partial charge >= 0.3 is 0 Å². The molecule has 0 spiro atoms. The number of pyridine rings is 2. The van der Waals surface area contributed by atoms with Gasteiger partial charge in [-0.25, -0.2) is 9.98 Å². The van der Waals surface area contributed by atoms with E-state index in [9.17, 15) is 0 Å². The molecule has 0 atom stereocenters. The summed E-state index contributed by atoms with van der Waals surface area (Å²) in [5.74, 6) is 1.30. The summed E-state index contributed by atoms with van der Waals surface area (Å²) in [6, 6.07) is 7.25. The summed E-state index contributed by atoms with van der Waals surface area (Å²) in [7, 11) is 1.56. The standard InChI is InChI=1S/C14H15N5OS/c1-9-5-7-16-10(8-9)12(15)18-14(21)19-13-11(20-2)4-3-6-17-13/h3-8H,1-2H3,(H3,15,17,18,19,21). The number of amidine groups is 1. The summed E-state index contributed by atoms with van der Waals surface area (Å²) in [6.45, 7) is 1.95. The molecule has 21 heavy (non-hydrogen) atoms. The van der Waals surface area contributed by atoms with Crippen molar-refractivity contribution in [1.29, 1.82) is 0 Å². The van der Waals surface area contributed by atoms with Crippen LogP contribution >= 0.6 is 12.2 Å². The maximum atomic E-state index is 5.90. The average Bonchev–Trinajstić information content (AvgIpc) is 2.47. The second kappa shape index (κ2) is 6.76. The molecule has 0 saturated heterocycles. The number of nitrogens with zero attached hydrogens (tertiary/aromatic N) is 3. The van der Waals surface area contributed by atoms with Crippen LogP contribution in [0.15, 0.2) is 41.7 Å². The van der Waals surface area contributed by atoms with Crippen LogP contribution in [0.2, 0.25) is 0 Å². The van der Waals surface area contributed by atoms with E-state index >= 15 is 0 Å². The Kier molecular flexibility index (Phi) is 4.78. The van der Waals surface area contributed by atoms with Crippen LogP contribution in [0.4, 0.5) is 5.82 Å². The zero-order valence-electron chi connectivity index (χ0n) is 11.7. The van der Waals surface area contributed by atoms with Crippen LogP contribution in [0, 0.1) is 6.92 Å². The number of nitrogens with one attached hydrogen (secondary N) is 1. The molecule has 6 nitrogen and oxygen atoms in total. The molecule has 2 rings (SSSR count). The molecule has 2 aromatic heterocycles. The highest BCUT2D eigenvalue weighted by Gasteiger charge is 2.06. The van der Waals surface area contributed by atoms with E-state index in [1.807, 2.05) is 19.1 Å². The van der Waals surface area contributed by atoms with E-state index in [0.717, 1.165) is 5.56 Å². The third-order valence-corrected chi connectivity index (χ3v) is 2.81. The van der Waals surface area contributed by atoms with Crippen LogP contribution < -0.4 is 15.8 Å². The number of rotatable bonds is 3. The molecular weight excluding hydrogens is 286 g/mol. The number of aliphatic imine (C=N–C) groups is 1. The van der Waals surface area contributed by atoms with Gasteiger partial charge in [-0.15, -0.1) is 0 Å². The number of aromatic nitrogens is 2. The van der Waals surface area contributed by atoms with Gasteiger partial charge in [-0.1, -0.05) is 0 Å². The predicted molar refractivity (Wildman–Crippen MR) is 86.7 cm³/mol. The lowest BCUT2D eigenvalue weighted by Crippen LogP contribution is -2.20. The van der Waals surface area contributed by atoms with Crippen molar-refractivity contribution < 1.29 is 4.74 Å². The molecule has 2 heterocycles. The minimum atomic E-state index is 0.188. The smallest absolute Gasteiger partial charge is 0.200 e. The van der Waals surface area contributed by atoms with Gasteiger partial charge in [0.05, 0.1) is 7.11 Å². The zero-order chi connectivity index (χ0) is 15.2. The second-order valence-electron chi connectivity index (χ2n) is 4.20. The molecule has 0 aliphatic rings. The number of methoxy groups -OCH3 is 1. The fourth-order valence-electron chi connectivity index (χ4n) is 1.62. The van der Waals surface area contributed by atoms with E-state index in [0.29, 0.717) is 17.3 Å². The Hall–Kier alpha value is -2.54. The molecule has 0 radical (unpaired) electrons. The molecule has 7 heteroatoms. The maximum absolute atomic E-state index is 5.90.